The Bertz CT molecular complexity index is 457. The van der Waals surface area contributed by atoms with Crippen molar-refractivity contribution < 1.29 is 21.2 Å². The van der Waals surface area contributed by atoms with E-state index in [0.717, 1.165) is 5.52 Å². The van der Waals surface area contributed by atoms with E-state index in [9.17, 15) is 8.42 Å². The lowest BCUT2D eigenvalue weighted by Crippen LogP contribution is -1.96. The van der Waals surface area contributed by atoms with Crippen molar-refractivity contribution in [2.45, 2.75) is 0 Å². The lowest BCUT2D eigenvalue weighted by Gasteiger charge is -1.82. The monoisotopic (exact) mass is 281 g/mol. The average Bonchev–Trinajstić information content (AvgIpc) is 2.63. The lowest BCUT2D eigenvalue weighted by molar-refractivity contribution is 0.427. The van der Waals surface area contributed by atoms with Gasteiger partial charge >= 0.3 is 22.7 Å². The number of nitrogens with zero attached hydrogens (tertiary/aromatic N) is 1. The van der Waals surface area contributed by atoms with E-state index in [1.165, 1.54) is 4.70 Å². The van der Waals surface area contributed by atoms with Crippen LogP contribution in [-0.4, -0.2) is 22.5 Å². The van der Waals surface area contributed by atoms with Crippen LogP contribution in [0.4, 0.5) is 0 Å². The fraction of sp³-hybridized carbons (Fsp3) is 0. The molecule has 1 aromatic carbocycles. The van der Waals surface area contributed by atoms with Crippen LogP contribution in [0.2, 0.25) is 0 Å². The highest BCUT2D eigenvalue weighted by molar-refractivity contribution is 7.87. The third kappa shape index (κ3) is 4.88. The fourth-order valence-electron chi connectivity index (χ4n) is 0.853. The summed E-state index contributed by atoms with van der Waals surface area (Å²) >= 11 is -3.62. The van der Waals surface area contributed by atoms with Gasteiger partial charge in [0.1, 0.15) is 0 Å². The first kappa shape index (κ1) is 13.4. The molecule has 0 radical (unpaired) electrons. The quantitative estimate of drug-likeness (QED) is 0.811. The summed E-state index contributed by atoms with van der Waals surface area (Å²) < 4.78 is 38.5. The van der Waals surface area contributed by atoms with Crippen LogP contribution < -0.4 is 0 Å². The summed E-state index contributed by atoms with van der Waals surface area (Å²) in [6.07, 6.45) is 0. The Balaban J connectivity index is 0.000000168. The minimum atomic E-state index is -2.65. The number of fused-ring (bicyclic) bond motifs is 1. The van der Waals surface area contributed by atoms with Crippen molar-refractivity contribution in [3.63, 3.8) is 0 Å². The van der Waals surface area contributed by atoms with Gasteiger partial charge in [-0.15, -0.1) is 15.0 Å². The third-order valence-corrected chi connectivity index (χ3v) is 3.09. The van der Waals surface area contributed by atoms with E-state index in [4.69, 9.17) is 9.11 Å². The van der Waals surface area contributed by atoms with Crippen LogP contribution in [0.25, 0.3) is 10.2 Å². The van der Waals surface area contributed by atoms with E-state index < -0.39 is 22.7 Å². The van der Waals surface area contributed by atoms with Gasteiger partial charge in [0.25, 0.3) is 0 Å². The third-order valence-electron chi connectivity index (χ3n) is 1.35. The molecule has 0 spiro atoms. The first-order valence-electron chi connectivity index (χ1n) is 3.78. The zero-order valence-corrected chi connectivity index (χ0v) is 10.1. The van der Waals surface area contributed by atoms with Crippen molar-refractivity contribution in [3.05, 3.63) is 29.8 Å². The molecular weight excluding hydrogens is 274 g/mol. The zero-order valence-electron chi connectivity index (χ0n) is 7.68. The first-order chi connectivity index (χ1) is 7.59. The lowest BCUT2D eigenvalue weighted by atomic mass is 10.3. The molecule has 0 fully saturated rings. The van der Waals surface area contributed by atoms with E-state index >= 15 is 0 Å². The maximum atomic E-state index is 9.35. The molecule has 6 nitrogen and oxygen atoms in total. The van der Waals surface area contributed by atoms with Crippen molar-refractivity contribution in [1.29, 1.82) is 0 Å². The van der Waals surface area contributed by atoms with Crippen molar-refractivity contribution in [1.82, 2.24) is 4.98 Å². The second kappa shape index (κ2) is 6.78. The first-order valence-corrected chi connectivity index (χ1v) is 6.72. The van der Waals surface area contributed by atoms with Gasteiger partial charge in [0.2, 0.25) is 0 Å². The number of rotatable bonds is 2. The van der Waals surface area contributed by atoms with E-state index in [0.29, 0.717) is 0 Å². The molecule has 0 saturated heterocycles. The Labute approximate surface area is 100 Å². The Hall–Kier alpha value is -0.710. The summed E-state index contributed by atoms with van der Waals surface area (Å²) in [4.78, 5) is 4.14. The highest BCUT2D eigenvalue weighted by atomic mass is 32.3. The van der Waals surface area contributed by atoms with Crippen LogP contribution in [0.15, 0.2) is 29.8 Å². The predicted octanol–water partition coefficient (Wildman–Crippen LogP) is 1.57. The molecule has 88 valence electrons. The molecule has 1 heterocycles. The van der Waals surface area contributed by atoms with Crippen LogP contribution in [0.1, 0.15) is 0 Å². The van der Waals surface area contributed by atoms with E-state index in [1.54, 1.807) is 11.3 Å². The van der Waals surface area contributed by atoms with Gasteiger partial charge in [-0.25, -0.2) is 4.98 Å². The predicted molar refractivity (Wildman–Crippen MR) is 62.2 cm³/mol. The molecule has 0 bridgehead atoms. The largest absolute Gasteiger partial charge is 0.317 e. The van der Waals surface area contributed by atoms with Crippen LogP contribution in [-0.2, 0) is 26.4 Å². The number of aromatic nitrogens is 1. The van der Waals surface area contributed by atoms with Crippen LogP contribution in [0.5, 0.6) is 0 Å². The van der Waals surface area contributed by atoms with Crippen molar-refractivity contribution in [2.24, 2.45) is 0 Å². The van der Waals surface area contributed by atoms with Gasteiger partial charge in [-0.2, -0.15) is 8.42 Å². The molecule has 0 unspecified atom stereocenters. The maximum Gasteiger partial charge on any atom is 0.317 e. The van der Waals surface area contributed by atoms with E-state index in [-0.39, 0.29) is 0 Å². The van der Waals surface area contributed by atoms with Gasteiger partial charge < -0.3 is 0 Å². The minimum Gasteiger partial charge on any atom is -0.283 e. The second-order valence-electron chi connectivity index (χ2n) is 2.32. The van der Waals surface area contributed by atoms with Gasteiger partial charge in [-0.05, 0) is 12.1 Å². The van der Waals surface area contributed by atoms with Gasteiger partial charge in [-0.3, -0.25) is 9.11 Å². The molecule has 2 N–H and O–H groups in total. The Morgan fingerprint density at radius 3 is 2.31 bits per heavy atom. The minimum absolute atomic E-state index is 1.10. The molecule has 0 amide bonds. The summed E-state index contributed by atoms with van der Waals surface area (Å²) in [6, 6.07) is 8.13. The summed E-state index contributed by atoms with van der Waals surface area (Å²) in [5.41, 5.74) is 2.97. The molecule has 0 aliphatic carbocycles. The molecular formula is C7H7NO5S3. The Kier molecular flexibility index (Phi) is 5.66. The molecule has 0 saturated carbocycles. The maximum absolute atomic E-state index is 9.35. The Morgan fingerprint density at radius 2 is 1.81 bits per heavy atom. The zero-order chi connectivity index (χ0) is 12.0. The standard InChI is InChI=1S/C7H5NS.H2O5S2/c1-2-4-7-6(3-1)8-5-9-7;1-6(2)5-7(3)4/h1-5H;(H,1,2)(H,3,4). The van der Waals surface area contributed by atoms with Gasteiger partial charge in [0.15, 0.2) is 0 Å². The van der Waals surface area contributed by atoms with Gasteiger partial charge in [0.05, 0.1) is 15.7 Å². The normalized spacial score (nSPS) is 13.9. The number of thiazole rings is 1. The number of hydrogen-bond donors (Lipinski definition) is 2. The van der Waals surface area contributed by atoms with Crippen LogP contribution >= 0.6 is 11.3 Å². The summed E-state index contributed by atoms with van der Waals surface area (Å²) in [5.74, 6) is 0. The SMILES string of the molecule is O=S(O)OS(=O)O.c1ccc2scnc2c1. The molecule has 0 aliphatic heterocycles. The molecule has 2 aromatic rings. The molecule has 16 heavy (non-hydrogen) atoms. The van der Waals surface area contributed by atoms with E-state index in [2.05, 4.69) is 14.7 Å². The van der Waals surface area contributed by atoms with Gasteiger partial charge in [-0.1, -0.05) is 12.1 Å². The molecule has 1 aromatic heterocycles. The number of hydrogen-bond acceptors (Lipinski definition) is 5. The van der Waals surface area contributed by atoms with Crippen molar-refractivity contribution in [3.8, 4) is 0 Å². The van der Waals surface area contributed by atoms with Gasteiger partial charge in [0, 0.05) is 0 Å². The summed E-state index contributed by atoms with van der Waals surface area (Å²) in [5, 5.41) is 0. The van der Waals surface area contributed by atoms with Crippen LogP contribution in [0.3, 0.4) is 0 Å². The molecule has 2 rings (SSSR count). The highest BCUT2D eigenvalue weighted by Gasteiger charge is 1.96. The molecule has 0 atom stereocenters. The summed E-state index contributed by atoms with van der Waals surface area (Å²) in [7, 11) is 0. The molecule has 0 aliphatic rings. The average molecular weight is 281 g/mol. The molecule has 9 heteroatoms. The van der Waals surface area contributed by atoms with Crippen LogP contribution in [0, 0.1) is 0 Å². The van der Waals surface area contributed by atoms with Crippen molar-refractivity contribution >= 4 is 44.3 Å². The van der Waals surface area contributed by atoms with Crippen molar-refractivity contribution in [2.75, 3.05) is 0 Å². The highest BCUT2D eigenvalue weighted by Crippen LogP contribution is 2.15. The fourth-order valence-corrected chi connectivity index (χ4v) is 1.93. The smallest absolute Gasteiger partial charge is 0.283 e. The topological polar surface area (TPSA) is 96.7 Å². The Morgan fingerprint density at radius 1 is 1.19 bits per heavy atom. The second-order valence-corrected chi connectivity index (χ2v) is 4.62. The summed E-state index contributed by atoms with van der Waals surface area (Å²) in [6.45, 7) is 0. The van der Waals surface area contributed by atoms with E-state index in [1.807, 2.05) is 23.7 Å². The number of benzene rings is 1. The number of para-hydroxylation sites is 1.